The zero-order valence-corrected chi connectivity index (χ0v) is 33.9. The summed E-state index contributed by atoms with van der Waals surface area (Å²) < 4.78 is 8.62. The van der Waals surface area contributed by atoms with E-state index in [9.17, 15) is 20.7 Å². The lowest BCUT2D eigenvalue weighted by Crippen LogP contribution is -2.16. The van der Waals surface area contributed by atoms with Crippen molar-refractivity contribution in [2.75, 3.05) is 0 Å². The van der Waals surface area contributed by atoms with E-state index in [1.807, 2.05) is 89.5 Å². The molecule has 0 spiro atoms. The molecule has 298 valence electrons. The summed E-state index contributed by atoms with van der Waals surface area (Å²) in [6, 6.07) is 65.3. The molecule has 4 aromatic heterocycles. The van der Waals surface area contributed by atoms with Crippen molar-refractivity contribution in [3.8, 4) is 46.4 Å². The Morgan fingerprint density at radius 1 is 0.281 bits per heavy atom. The zero-order valence-electron chi connectivity index (χ0n) is 33.9. The van der Waals surface area contributed by atoms with E-state index in [-0.39, 0.29) is 22.6 Å². The van der Waals surface area contributed by atoms with Crippen LogP contribution in [0.3, 0.4) is 0 Å². The molecule has 0 bridgehead atoms. The minimum Gasteiger partial charge on any atom is -0.508 e. The standard InChI is InChI=1S/C56H32N6O2/c57-31-43-53(59-51-27-25-33(63)29-41(51)42-30-34(64)26-28-52(42)59)44(32-58)55(61-47-21-9-3-15-37(47)38-16-4-10-22-48(38)61)56(62-49-23-11-5-17-39(49)40-18-6-12-24-50(40)62)54(43)60-45-19-7-1-13-35(45)36-14-2-8-20-46(36)60/h1-30,63-64H. The summed E-state index contributed by atoms with van der Waals surface area (Å²) in [4.78, 5) is 0. The molecule has 64 heavy (non-hydrogen) atoms. The van der Waals surface area contributed by atoms with Crippen LogP contribution in [0.2, 0.25) is 0 Å². The Labute approximate surface area is 364 Å². The molecular weight excluding hydrogens is 789 g/mol. The smallest absolute Gasteiger partial charge is 0.116 e. The molecule has 13 rings (SSSR count). The number of fused-ring (bicyclic) bond motifs is 12. The van der Waals surface area contributed by atoms with Gasteiger partial charge in [-0.3, -0.25) is 0 Å². The van der Waals surface area contributed by atoms with Crippen LogP contribution in [0.4, 0.5) is 0 Å². The second-order valence-corrected chi connectivity index (χ2v) is 16.2. The summed E-state index contributed by atoms with van der Waals surface area (Å²) in [6.07, 6.45) is 0. The van der Waals surface area contributed by atoms with Gasteiger partial charge in [-0.05, 0) is 72.8 Å². The first-order chi connectivity index (χ1) is 31.6. The van der Waals surface area contributed by atoms with Gasteiger partial charge in [0.1, 0.15) is 34.8 Å². The highest BCUT2D eigenvalue weighted by Gasteiger charge is 2.34. The van der Waals surface area contributed by atoms with Crippen molar-refractivity contribution < 1.29 is 10.2 Å². The summed E-state index contributed by atoms with van der Waals surface area (Å²) >= 11 is 0. The third kappa shape index (κ3) is 4.63. The van der Waals surface area contributed by atoms with E-state index in [4.69, 9.17) is 0 Å². The van der Waals surface area contributed by atoms with E-state index in [0.29, 0.717) is 44.6 Å². The van der Waals surface area contributed by atoms with E-state index >= 15 is 0 Å². The van der Waals surface area contributed by atoms with E-state index in [1.54, 1.807) is 24.3 Å². The van der Waals surface area contributed by atoms with Crippen LogP contribution >= 0.6 is 0 Å². The van der Waals surface area contributed by atoms with E-state index < -0.39 is 0 Å². The van der Waals surface area contributed by atoms with Crippen molar-refractivity contribution in [2.24, 2.45) is 0 Å². The molecule has 0 aliphatic rings. The maximum Gasteiger partial charge on any atom is 0.116 e. The molecule has 2 N–H and O–H groups in total. The first-order valence-corrected chi connectivity index (χ1v) is 21.0. The van der Waals surface area contributed by atoms with Crippen LogP contribution in [0.1, 0.15) is 11.1 Å². The molecule has 0 fully saturated rings. The van der Waals surface area contributed by atoms with Gasteiger partial charge < -0.3 is 28.5 Å². The lowest BCUT2D eigenvalue weighted by molar-refractivity contribution is 0.475. The second-order valence-electron chi connectivity index (χ2n) is 16.2. The van der Waals surface area contributed by atoms with E-state index in [1.165, 1.54) is 0 Å². The largest absolute Gasteiger partial charge is 0.508 e. The molecule has 0 atom stereocenters. The van der Waals surface area contributed by atoms with Gasteiger partial charge in [-0.25, -0.2) is 0 Å². The first-order valence-electron chi connectivity index (χ1n) is 21.0. The number of hydrogen-bond donors (Lipinski definition) is 2. The predicted molar refractivity (Wildman–Crippen MR) is 257 cm³/mol. The van der Waals surface area contributed by atoms with E-state index in [2.05, 4.69) is 98.6 Å². The van der Waals surface area contributed by atoms with Gasteiger partial charge in [0.15, 0.2) is 0 Å². The molecule has 8 heteroatoms. The molecule has 0 aliphatic carbocycles. The Hall–Kier alpha value is -9.24. The average Bonchev–Trinajstić information content (AvgIpc) is 4.05. The third-order valence-corrected chi connectivity index (χ3v) is 13.0. The predicted octanol–water partition coefficient (Wildman–Crippen LogP) is 13.2. The van der Waals surface area contributed by atoms with Crippen molar-refractivity contribution in [3.63, 3.8) is 0 Å². The molecule has 0 unspecified atom stereocenters. The number of hydrogen-bond acceptors (Lipinski definition) is 4. The number of rotatable bonds is 4. The van der Waals surface area contributed by atoms with Crippen LogP contribution in [-0.4, -0.2) is 28.5 Å². The van der Waals surface area contributed by atoms with Crippen LogP contribution in [0.25, 0.3) is 110 Å². The number of nitriles is 2. The summed E-state index contributed by atoms with van der Waals surface area (Å²) in [5.74, 6) is 0.101. The van der Waals surface area contributed by atoms with Crippen molar-refractivity contribution in [3.05, 3.63) is 193 Å². The fraction of sp³-hybridized carbons (Fsp3) is 0. The Balaban J connectivity index is 1.40. The van der Waals surface area contributed by atoms with Gasteiger partial charge in [0.2, 0.25) is 0 Å². The van der Waals surface area contributed by atoms with Crippen LogP contribution < -0.4 is 0 Å². The van der Waals surface area contributed by atoms with Crippen molar-refractivity contribution >= 4 is 87.2 Å². The van der Waals surface area contributed by atoms with Crippen LogP contribution in [0, 0.1) is 22.7 Å². The highest BCUT2D eigenvalue weighted by atomic mass is 16.3. The second kappa shape index (κ2) is 13.1. The maximum absolute atomic E-state index is 12.1. The van der Waals surface area contributed by atoms with Crippen molar-refractivity contribution in [2.45, 2.75) is 0 Å². The molecule has 13 aromatic rings. The highest BCUT2D eigenvalue weighted by molar-refractivity contribution is 6.16. The molecule has 8 nitrogen and oxygen atoms in total. The van der Waals surface area contributed by atoms with Crippen LogP contribution in [0.15, 0.2) is 182 Å². The molecule has 0 aliphatic heterocycles. The number of phenolic OH excluding ortho intramolecular Hbond substituents is 2. The summed E-state index contributed by atoms with van der Waals surface area (Å²) in [5.41, 5.74) is 9.44. The van der Waals surface area contributed by atoms with Crippen molar-refractivity contribution in [1.29, 1.82) is 10.5 Å². The number of para-hydroxylation sites is 6. The summed E-state index contributed by atoms with van der Waals surface area (Å²) in [6.45, 7) is 0. The molecule has 0 saturated heterocycles. The average molecular weight is 821 g/mol. The van der Waals surface area contributed by atoms with Gasteiger partial charge in [-0.2, -0.15) is 10.5 Å². The molecule has 0 saturated carbocycles. The summed E-state index contributed by atoms with van der Waals surface area (Å²) in [5, 5.41) is 53.5. The molecule has 0 amide bonds. The first kappa shape index (κ1) is 35.5. The molecule has 0 radical (unpaired) electrons. The Morgan fingerprint density at radius 2 is 0.531 bits per heavy atom. The third-order valence-electron chi connectivity index (χ3n) is 13.0. The van der Waals surface area contributed by atoms with Crippen molar-refractivity contribution in [1.82, 2.24) is 18.3 Å². The summed E-state index contributed by atoms with van der Waals surface area (Å²) in [7, 11) is 0. The fourth-order valence-electron chi connectivity index (χ4n) is 10.5. The van der Waals surface area contributed by atoms with Gasteiger partial charge in [0.05, 0.1) is 66.9 Å². The molecule has 4 heterocycles. The van der Waals surface area contributed by atoms with Crippen LogP contribution in [-0.2, 0) is 0 Å². The monoisotopic (exact) mass is 820 g/mol. The number of aromatic nitrogens is 4. The van der Waals surface area contributed by atoms with Gasteiger partial charge in [0.25, 0.3) is 0 Å². The fourth-order valence-corrected chi connectivity index (χ4v) is 10.5. The topological polar surface area (TPSA) is 108 Å². The zero-order chi connectivity index (χ0) is 42.8. The Bertz CT molecular complexity index is 3890. The van der Waals surface area contributed by atoms with E-state index in [0.717, 1.165) is 65.4 Å². The Morgan fingerprint density at radius 3 is 0.828 bits per heavy atom. The SMILES string of the molecule is N#Cc1c(-n2c3ccc(O)cc3c3cc(O)ccc32)c(C#N)c(-n2c3ccccc3c3ccccc32)c(-n2c3ccccc3c3ccccc32)c1-n1c2ccccc2c2ccccc21. The normalized spacial score (nSPS) is 11.8. The van der Waals surface area contributed by atoms with Gasteiger partial charge >= 0.3 is 0 Å². The number of phenols is 2. The number of benzene rings is 9. The number of nitrogens with zero attached hydrogens (tertiary/aromatic N) is 6. The lowest BCUT2D eigenvalue weighted by Gasteiger charge is -2.27. The molecule has 9 aromatic carbocycles. The van der Waals surface area contributed by atoms with Gasteiger partial charge in [-0.1, -0.05) is 109 Å². The van der Waals surface area contributed by atoms with Crippen LogP contribution in [0.5, 0.6) is 11.5 Å². The lowest BCUT2D eigenvalue weighted by atomic mass is 9.98. The number of aromatic hydroxyl groups is 2. The Kier molecular flexibility index (Phi) is 7.28. The molecular formula is C56H32N6O2. The highest BCUT2D eigenvalue weighted by Crippen LogP contribution is 2.49. The minimum atomic E-state index is 0.0505. The quantitative estimate of drug-likeness (QED) is 0.184. The maximum atomic E-state index is 12.1. The van der Waals surface area contributed by atoms with Gasteiger partial charge in [-0.15, -0.1) is 0 Å². The minimum absolute atomic E-state index is 0.0505. The van der Waals surface area contributed by atoms with Gasteiger partial charge in [0, 0.05) is 43.1 Å².